The zero-order chi connectivity index (χ0) is 13.8. The lowest BCUT2D eigenvalue weighted by Crippen LogP contribution is -2.46. The third-order valence-corrected chi connectivity index (χ3v) is 2.19. The molecule has 0 radical (unpaired) electrons. The van der Waals surface area contributed by atoms with Gasteiger partial charge in [0.05, 0.1) is 12.4 Å². The van der Waals surface area contributed by atoms with Gasteiger partial charge in [-0.3, -0.25) is 14.6 Å². The summed E-state index contributed by atoms with van der Waals surface area (Å²) in [6.45, 7) is 3.43. The van der Waals surface area contributed by atoms with E-state index in [0.717, 1.165) is 0 Å². The molecule has 1 aromatic rings. The van der Waals surface area contributed by atoms with Crippen LogP contribution in [0.25, 0.3) is 0 Å². The fourth-order valence-corrected chi connectivity index (χ4v) is 1.45. The molecule has 0 aliphatic carbocycles. The van der Waals surface area contributed by atoms with E-state index in [1.165, 1.54) is 12.4 Å². The van der Waals surface area contributed by atoms with Gasteiger partial charge in [0.2, 0.25) is 5.91 Å². The molecule has 0 aromatic carbocycles. The largest absolute Gasteiger partial charge is 0.372 e. The molecular formula is C11H17N5O2. The first kappa shape index (κ1) is 13.9. The van der Waals surface area contributed by atoms with Gasteiger partial charge in [-0.05, 0) is 13.8 Å². The van der Waals surface area contributed by atoms with Gasteiger partial charge in [0.15, 0.2) is 0 Å². The SMILES string of the molecule is CNc1cncc(C(=O)NC(C)(C)CC(N)=O)n1. The Balaban J connectivity index is 2.78. The van der Waals surface area contributed by atoms with Crippen molar-refractivity contribution in [3.63, 3.8) is 0 Å². The van der Waals surface area contributed by atoms with Gasteiger partial charge in [0.1, 0.15) is 11.5 Å². The van der Waals surface area contributed by atoms with E-state index < -0.39 is 17.4 Å². The van der Waals surface area contributed by atoms with Gasteiger partial charge >= 0.3 is 0 Å². The van der Waals surface area contributed by atoms with E-state index in [-0.39, 0.29) is 12.1 Å². The maximum atomic E-state index is 11.9. The molecule has 0 saturated heterocycles. The molecule has 18 heavy (non-hydrogen) atoms. The standard InChI is InChI=1S/C11H17N5O2/c1-11(2,4-8(12)17)16-10(18)7-5-14-6-9(13-3)15-7/h5-6H,4H2,1-3H3,(H2,12,17)(H,13,15)(H,16,18). The molecular weight excluding hydrogens is 234 g/mol. The Kier molecular flexibility index (Phi) is 4.19. The molecule has 0 unspecified atom stereocenters. The van der Waals surface area contributed by atoms with Crippen LogP contribution in [0.4, 0.5) is 5.82 Å². The number of hydrogen-bond donors (Lipinski definition) is 3. The lowest BCUT2D eigenvalue weighted by Gasteiger charge is -2.24. The van der Waals surface area contributed by atoms with E-state index >= 15 is 0 Å². The number of nitrogens with one attached hydrogen (secondary N) is 2. The lowest BCUT2D eigenvalue weighted by atomic mass is 10.0. The first-order chi connectivity index (χ1) is 8.34. The summed E-state index contributed by atoms with van der Waals surface area (Å²) in [6.07, 6.45) is 2.92. The van der Waals surface area contributed by atoms with Crippen molar-refractivity contribution in [2.24, 2.45) is 5.73 Å². The summed E-state index contributed by atoms with van der Waals surface area (Å²) in [6, 6.07) is 0. The molecule has 7 nitrogen and oxygen atoms in total. The molecule has 0 aliphatic heterocycles. The van der Waals surface area contributed by atoms with Crippen molar-refractivity contribution in [2.75, 3.05) is 12.4 Å². The summed E-state index contributed by atoms with van der Waals surface area (Å²) in [5.74, 6) is -0.378. The maximum absolute atomic E-state index is 11.9. The van der Waals surface area contributed by atoms with Gasteiger partial charge in [-0.15, -0.1) is 0 Å². The highest BCUT2D eigenvalue weighted by atomic mass is 16.2. The molecule has 7 heteroatoms. The van der Waals surface area contributed by atoms with Crippen molar-refractivity contribution < 1.29 is 9.59 Å². The molecule has 0 fully saturated rings. The first-order valence-electron chi connectivity index (χ1n) is 5.44. The normalized spacial score (nSPS) is 10.8. The Morgan fingerprint density at radius 3 is 2.61 bits per heavy atom. The van der Waals surface area contributed by atoms with E-state index in [2.05, 4.69) is 20.6 Å². The minimum absolute atomic E-state index is 0.0535. The molecule has 1 rings (SSSR count). The summed E-state index contributed by atoms with van der Waals surface area (Å²) >= 11 is 0. The molecule has 1 aromatic heterocycles. The van der Waals surface area contributed by atoms with Gasteiger partial charge in [0.25, 0.3) is 5.91 Å². The molecule has 1 heterocycles. The highest BCUT2D eigenvalue weighted by Crippen LogP contribution is 2.09. The average molecular weight is 251 g/mol. The highest BCUT2D eigenvalue weighted by molar-refractivity contribution is 5.93. The quantitative estimate of drug-likeness (QED) is 0.677. The van der Waals surface area contributed by atoms with Crippen molar-refractivity contribution in [1.82, 2.24) is 15.3 Å². The van der Waals surface area contributed by atoms with Crippen molar-refractivity contribution in [1.29, 1.82) is 0 Å². The number of amides is 2. The van der Waals surface area contributed by atoms with Crippen LogP contribution >= 0.6 is 0 Å². The second-order valence-corrected chi connectivity index (χ2v) is 4.52. The molecule has 4 N–H and O–H groups in total. The topological polar surface area (TPSA) is 110 Å². The number of aromatic nitrogens is 2. The number of rotatable bonds is 5. The number of hydrogen-bond acceptors (Lipinski definition) is 5. The van der Waals surface area contributed by atoms with Crippen LogP contribution in [0.2, 0.25) is 0 Å². The minimum Gasteiger partial charge on any atom is -0.372 e. The van der Waals surface area contributed by atoms with Gasteiger partial charge in [0, 0.05) is 19.0 Å². The predicted molar refractivity (Wildman–Crippen MR) is 66.9 cm³/mol. The first-order valence-corrected chi connectivity index (χ1v) is 5.44. The number of carbonyl (C=O) groups excluding carboxylic acids is 2. The summed E-state index contributed by atoms with van der Waals surface area (Å²) in [5.41, 5.74) is 4.57. The Morgan fingerprint density at radius 2 is 2.06 bits per heavy atom. The highest BCUT2D eigenvalue weighted by Gasteiger charge is 2.24. The average Bonchev–Trinajstić information content (AvgIpc) is 2.26. The molecule has 2 amide bonds. The van der Waals surface area contributed by atoms with Crippen LogP contribution in [0.15, 0.2) is 12.4 Å². The Morgan fingerprint density at radius 1 is 1.39 bits per heavy atom. The van der Waals surface area contributed by atoms with Crippen LogP contribution in [0, 0.1) is 0 Å². The van der Waals surface area contributed by atoms with Gasteiger partial charge in [-0.25, -0.2) is 4.98 Å². The van der Waals surface area contributed by atoms with E-state index in [1.54, 1.807) is 20.9 Å². The number of carbonyl (C=O) groups is 2. The molecule has 0 aliphatic rings. The fraction of sp³-hybridized carbons (Fsp3) is 0.455. The van der Waals surface area contributed by atoms with Gasteiger partial charge in [-0.2, -0.15) is 0 Å². The number of nitrogens with zero attached hydrogens (tertiary/aromatic N) is 2. The summed E-state index contributed by atoms with van der Waals surface area (Å²) in [4.78, 5) is 30.7. The third kappa shape index (κ3) is 4.00. The second kappa shape index (κ2) is 5.44. The molecule has 0 bridgehead atoms. The molecule has 98 valence electrons. The maximum Gasteiger partial charge on any atom is 0.271 e. The molecule has 0 saturated carbocycles. The molecule has 0 atom stereocenters. The number of nitrogens with two attached hydrogens (primary N) is 1. The van der Waals surface area contributed by atoms with Crippen LogP contribution in [0.5, 0.6) is 0 Å². The Bertz CT molecular complexity index is 459. The zero-order valence-corrected chi connectivity index (χ0v) is 10.7. The van der Waals surface area contributed by atoms with Gasteiger partial charge in [-0.1, -0.05) is 0 Å². The van der Waals surface area contributed by atoms with Crippen molar-refractivity contribution in [3.05, 3.63) is 18.1 Å². The minimum atomic E-state index is -0.722. The summed E-state index contributed by atoms with van der Waals surface area (Å²) in [7, 11) is 1.68. The van der Waals surface area contributed by atoms with E-state index in [4.69, 9.17) is 5.73 Å². The molecule has 0 spiro atoms. The number of anilines is 1. The van der Waals surface area contributed by atoms with Crippen LogP contribution < -0.4 is 16.4 Å². The predicted octanol–water partition coefficient (Wildman–Crippen LogP) is -0.0979. The van der Waals surface area contributed by atoms with E-state index in [0.29, 0.717) is 5.82 Å². The lowest BCUT2D eigenvalue weighted by molar-refractivity contribution is -0.119. The second-order valence-electron chi connectivity index (χ2n) is 4.52. The van der Waals surface area contributed by atoms with Crippen LogP contribution in [-0.4, -0.2) is 34.4 Å². The smallest absolute Gasteiger partial charge is 0.271 e. The van der Waals surface area contributed by atoms with Gasteiger partial charge < -0.3 is 16.4 Å². The van der Waals surface area contributed by atoms with Crippen molar-refractivity contribution >= 4 is 17.6 Å². The Hall–Kier alpha value is -2.18. The van der Waals surface area contributed by atoms with Crippen molar-refractivity contribution in [3.8, 4) is 0 Å². The third-order valence-electron chi connectivity index (χ3n) is 2.19. The summed E-state index contributed by atoms with van der Waals surface area (Å²) < 4.78 is 0. The van der Waals surface area contributed by atoms with Crippen molar-refractivity contribution in [2.45, 2.75) is 25.8 Å². The Labute approximate surface area is 105 Å². The fourth-order valence-electron chi connectivity index (χ4n) is 1.45. The van der Waals surface area contributed by atoms with Crippen LogP contribution in [-0.2, 0) is 4.79 Å². The van der Waals surface area contributed by atoms with E-state index in [9.17, 15) is 9.59 Å². The van der Waals surface area contributed by atoms with E-state index in [1.807, 2.05) is 0 Å². The van der Waals surface area contributed by atoms with Crippen LogP contribution in [0.1, 0.15) is 30.8 Å². The monoisotopic (exact) mass is 251 g/mol. The number of primary amides is 1. The van der Waals surface area contributed by atoms with Crippen LogP contribution in [0.3, 0.4) is 0 Å². The zero-order valence-electron chi connectivity index (χ0n) is 10.7. The summed E-state index contributed by atoms with van der Waals surface area (Å²) in [5, 5.41) is 5.47.